The average Bonchev–Trinajstić information content (AvgIpc) is 2.76. The van der Waals surface area contributed by atoms with Crippen molar-refractivity contribution < 1.29 is 31.3 Å². The van der Waals surface area contributed by atoms with Gasteiger partial charge in [-0.2, -0.15) is 8.78 Å². The predicted octanol–water partition coefficient (Wildman–Crippen LogP) is 5.25. The maximum atomic E-state index is 13.0. The summed E-state index contributed by atoms with van der Waals surface area (Å²) in [5, 5.41) is -0.0878. The zero-order valence-corrected chi connectivity index (χ0v) is 22.0. The van der Waals surface area contributed by atoms with Crippen molar-refractivity contribution in [3.63, 3.8) is 0 Å². The largest absolute Gasteiger partial charge is 0.743 e. The van der Waals surface area contributed by atoms with Gasteiger partial charge in [-0.15, -0.1) is 0 Å². The smallest absolute Gasteiger partial charge is 0.410 e. The molecule has 0 bridgehead atoms. The number of amides is 2. The minimum absolute atomic E-state index is 0.0738. The zero-order valence-electron chi connectivity index (χ0n) is 21.2. The summed E-state index contributed by atoms with van der Waals surface area (Å²) in [6.45, 7) is 6.66. The van der Waals surface area contributed by atoms with Gasteiger partial charge in [0.05, 0.1) is 0 Å². The maximum Gasteiger partial charge on any atom is 0.410 e. The molecule has 0 radical (unpaired) electrons. The van der Waals surface area contributed by atoms with Crippen LogP contribution in [-0.4, -0.2) is 43.1 Å². The molecule has 2 N–H and O–H groups in total. The summed E-state index contributed by atoms with van der Waals surface area (Å²) in [7, 11) is -5.99. The second-order valence-corrected chi connectivity index (χ2v) is 11.1. The van der Waals surface area contributed by atoms with Crippen molar-refractivity contribution in [1.82, 2.24) is 10.6 Å². The Kier molecular flexibility index (Phi) is 16.5. The molecule has 7 nitrogen and oxygen atoms in total. The van der Waals surface area contributed by atoms with Gasteiger partial charge in [0.2, 0.25) is 5.91 Å². The predicted molar refractivity (Wildman–Crippen MR) is 129 cm³/mol. The summed E-state index contributed by atoms with van der Waals surface area (Å²) in [6.07, 6.45) is 15.8. The van der Waals surface area contributed by atoms with Gasteiger partial charge in [0.1, 0.15) is 0 Å². The average molecular weight is 512 g/mol. The standard InChI is InChI=1S/C24H46F2N2O5S/c1-4-23(2,3)21(29)27-19-17-15-13-11-9-7-5-6-8-10-12-14-16-18-20-28-22(30)24(25,26)34(31,32)33/h4-20H2,1-3H3,(H,27,29)(H,28,30)(H,31,32,33)/p-1. The molecular formula is C24H45F2N2O5S-. The van der Waals surface area contributed by atoms with Crippen LogP contribution in [0.5, 0.6) is 0 Å². The Bertz CT molecular complexity index is 685. The summed E-state index contributed by atoms with van der Waals surface area (Å²) in [6, 6.07) is 0. The third-order valence-corrected chi connectivity index (χ3v) is 7.06. The first-order chi connectivity index (χ1) is 15.9. The number of halogens is 2. The summed E-state index contributed by atoms with van der Waals surface area (Å²) in [4.78, 5) is 23.0. The molecule has 0 heterocycles. The third kappa shape index (κ3) is 14.2. The van der Waals surface area contributed by atoms with Crippen molar-refractivity contribution in [2.75, 3.05) is 13.1 Å². The highest BCUT2D eigenvalue weighted by atomic mass is 32.2. The minimum atomic E-state index is -5.99. The molecule has 0 atom stereocenters. The van der Waals surface area contributed by atoms with Crippen LogP contribution >= 0.6 is 0 Å². The van der Waals surface area contributed by atoms with E-state index >= 15 is 0 Å². The van der Waals surface area contributed by atoms with E-state index in [1.807, 2.05) is 20.8 Å². The molecule has 0 spiro atoms. The first kappa shape index (κ1) is 32.7. The molecule has 0 rings (SSSR count). The lowest BCUT2D eigenvalue weighted by Gasteiger charge is -2.21. The first-order valence-corrected chi connectivity index (χ1v) is 14.2. The van der Waals surface area contributed by atoms with E-state index < -0.39 is 21.3 Å². The maximum absolute atomic E-state index is 13.0. The fourth-order valence-electron chi connectivity index (χ4n) is 3.39. The van der Waals surface area contributed by atoms with Gasteiger partial charge >= 0.3 is 11.2 Å². The van der Waals surface area contributed by atoms with Crippen LogP contribution in [0.3, 0.4) is 0 Å². The van der Waals surface area contributed by atoms with Gasteiger partial charge < -0.3 is 15.2 Å². The molecule has 0 unspecified atom stereocenters. The molecule has 0 aromatic heterocycles. The SMILES string of the molecule is CCC(C)(C)C(=O)NCCCCCCCCCCCCCCCCNC(=O)C(F)(F)S(=O)(=O)[O-]. The Morgan fingerprint density at radius 1 is 0.676 bits per heavy atom. The van der Waals surface area contributed by atoms with Crippen LogP contribution in [0, 0.1) is 5.41 Å². The first-order valence-electron chi connectivity index (χ1n) is 12.8. The van der Waals surface area contributed by atoms with Crippen molar-refractivity contribution in [3.05, 3.63) is 0 Å². The lowest BCUT2D eigenvalue weighted by atomic mass is 9.89. The van der Waals surface area contributed by atoms with Gasteiger partial charge in [-0.3, -0.25) is 9.59 Å². The molecule has 34 heavy (non-hydrogen) atoms. The molecule has 202 valence electrons. The highest BCUT2D eigenvalue weighted by Crippen LogP contribution is 2.21. The van der Waals surface area contributed by atoms with E-state index in [1.54, 1.807) is 5.32 Å². The van der Waals surface area contributed by atoms with Crippen LogP contribution in [0.4, 0.5) is 8.78 Å². The fourth-order valence-corrected chi connectivity index (χ4v) is 3.69. The highest BCUT2D eigenvalue weighted by molar-refractivity contribution is 7.87. The monoisotopic (exact) mass is 511 g/mol. The van der Waals surface area contributed by atoms with Gasteiger partial charge in [0.15, 0.2) is 10.1 Å². The normalized spacial score (nSPS) is 12.5. The number of carbonyl (C=O) groups is 2. The lowest BCUT2D eigenvalue weighted by molar-refractivity contribution is -0.136. The van der Waals surface area contributed by atoms with Crippen LogP contribution in [0.25, 0.3) is 0 Å². The van der Waals surface area contributed by atoms with Crippen LogP contribution < -0.4 is 10.6 Å². The zero-order chi connectivity index (χ0) is 26.1. The number of hydrogen-bond acceptors (Lipinski definition) is 5. The molecule has 0 aliphatic carbocycles. The molecule has 0 aromatic rings. The van der Waals surface area contributed by atoms with Crippen LogP contribution in [0.15, 0.2) is 0 Å². The summed E-state index contributed by atoms with van der Waals surface area (Å²) >= 11 is 0. The number of hydrogen-bond donors (Lipinski definition) is 2. The Labute approximate surface area is 205 Å². The van der Waals surface area contributed by atoms with Crippen LogP contribution in [0.1, 0.15) is 117 Å². The minimum Gasteiger partial charge on any atom is -0.743 e. The van der Waals surface area contributed by atoms with E-state index in [2.05, 4.69) is 5.32 Å². The molecular weight excluding hydrogens is 466 g/mol. The Morgan fingerprint density at radius 2 is 0.971 bits per heavy atom. The third-order valence-electron chi connectivity index (χ3n) is 6.25. The number of rotatable bonds is 21. The van der Waals surface area contributed by atoms with Crippen molar-refractivity contribution in [1.29, 1.82) is 0 Å². The lowest BCUT2D eigenvalue weighted by Crippen LogP contribution is -2.46. The van der Waals surface area contributed by atoms with Gasteiger partial charge in [-0.05, 0) is 19.3 Å². The quantitative estimate of drug-likeness (QED) is 0.161. The molecule has 0 aromatic carbocycles. The topological polar surface area (TPSA) is 115 Å². The number of carbonyl (C=O) groups excluding carboxylic acids is 2. The van der Waals surface area contributed by atoms with Gasteiger partial charge in [0.25, 0.3) is 0 Å². The number of unbranched alkanes of at least 4 members (excludes halogenated alkanes) is 13. The molecule has 0 aliphatic heterocycles. The highest BCUT2D eigenvalue weighted by Gasteiger charge is 2.46. The van der Waals surface area contributed by atoms with E-state index in [0.29, 0.717) is 6.42 Å². The van der Waals surface area contributed by atoms with Crippen LogP contribution in [0.2, 0.25) is 0 Å². The molecule has 0 saturated carbocycles. The Balaban J connectivity index is 3.41. The fraction of sp³-hybridized carbons (Fsp3) is 0.917. The molecule has 0 fully saturated rings. The Morgan fingerprint density at radius 3 is 1.26 bits per heavy atom. The van der Waals surface area contributed by atoms with Gasteiger partial charge in [-0.25, -0.2) is 8.42 Å². The van der Waals surface area contributed by atoms with E-state index in [0.717, 1.165) is 57.9 Å². The van der Waals surface area contributed by atoms with E-state index in [4.69, 9.17) is 0 Å². The van der Waals surface area contributed by atoms with E-state index in [-0.39, 0.29) is 17.9 Å². The molecule has 0 saturated heterocycles. The van der Waals surface area contributed by atoms with Gasteiger partial charge in [0, 0.05) is 18.5 Å². The second kappa shape index (κ2) is 17.2. The van der Waals surface area contributed by atoms with E-state index in [1.165, 1.54) is 38.5 Å². The number of nitrogens with one attached hydrogen (secondary N) is 2. The molecule has 0 aliphatic rings. The molecule has 10 heteroatoms. The van der Waals surface area contributed by atoms with Crippen molar-refractivity contribution >= 4 is 21.9 Å². The summed E-state index contributed by atoms with van der Waals surface area (Å²) < 4.78 is 57.0. The Hall–Kier alpha value is -1.29. The van der Waals surface area contributed by atoms with Gasteiger partial charge in [-0.1, -0.05) is 97.8 Å². The van der Waals surface area contributed by atoms with Crippen molar-refractivity contribution in [2.24, 2.45) is 5.41 Å². The van der Waals surface area contributed by atoms with Crippen molar-refractivity contribution in [3.8, 4) is 0 Å². The van der Waals surface area contributed by atoms with Crippen molar-refractivity contribution in [2.45, 2.75) is 122 Å². The summed E-state index contributed by atoms with van der Waals surface area (Å²) in [5.74, 6) is -1.91. The van der Waals surface area contributed by atoms with Crippen LogP contribution in [-0.2, 0) is 19.7 Å². The second-order valence-electron chi connectivity index (χ2n) is 9.67. The number of alkyl halides is 2. The van der Waals surface area contributed by atoms with E-state index in [9.17, 15) is 31.3 Å². The summed E-state index contributed by atoms with van der Waals surface area (Å²) in [5.41, 5.74) is -0.282. The molecule has 2 amide bonds.